The van der Waals surface area contributed by atoms with Gasteiger partial charge in [-0.1, -0.05) is 12.1 Å². The normalized spacial score (nSPS) is 10.8. The second-order valence-corrected chi connectivity index (χ2v) is 6.21. The molecule has 0 unspecified atom stereocenters. The molecule has 0 aliphatic carbocycles. The summed E-state index contributed by atoms with van der Waals surface area (Å²) in [6, 6.07) is 14.5. The molecular formula is C22H20FN3O3. The molecule has 0 bridgehead atoms. The van der Waals surface area contributed by atoms with E-state index >= 15 is 0 Å². The molecule has 6 nitrogen and oxygen atoms in total. The largest absolute Gasteiger partial charge is 0.497 e. The maximum atomic E-state index is 13.0. The van der Waals surface area contributed by atoms with Crippen LogP contribution in [0.3, 0.4) is 0 Å². The lowest BCUT2D eigenvalue weighted by molar-refractivity contribution is -0.116. The van der Waals surface area contributed by atoms with Crippen molar-refractivity contribution in [1.29, 1.82) is 0 Å². The summed E-state index contributed by atoms with van der Waals surface area (Å²) in [6.07, 6.45) is 4.54. The Morgan fingerprint density at radius 3 is 2.55 bits per heavy atom. The highest BCUT2D eigenvalue weighted by Gasteiger charge is 2.04. The quantitative estimate of drug-likeness (QED) is 0.627. The summed E-state index contributed by atoms with van der Waals surface area (Å²) >= 11 is 0. The molecule has 2 aromatic carbocycles. The number of carbonyl (C=O) groups excluding carboxylic acids is 1. The average molecular weight is 393 g/mol. The van der Waals surface area contributed by atoms with Crippen molar-refractivity contribution in [3.8, 4) is 17.0 Å². The van der Waals surface area contributed by atoms with Crippen molar-refractivity contribution >= 4 is 12.0 Å². The monoisotopic (exact) mass is 393 g/mol. The first-order chi connectivity index (χ1) is 14.0. The van der Waals surface area contributed by atoms with Crippen molar-refractivity contribution < 1.29 is 13.9 Å². The number of rotatable bonds is 7. The predicted octanol–water partition coefficient (Wildman–Crippen LogP) is 2.89. The molecule has 1 aromatic heterocycles. The van der Waals surface area contributed by atoms with Crippen LogP contribution >= 0.6 is 0 Å². The average Bonchev–Trinajstić information content (AvgIpc) is 2.74. The van der Waals surface area contributed by atoms with Crippen LogP contribution < -0.4 is 15.6 Å². The van der Waals surface area contributed by atoms with E-state index in [1.54, 1.807) is 25.3 Å². The molecule has 3 aromatic rings. The zero-order valence-corrected chi connectivity index (χ0v) is 15.8. The Labute approximate surface area is 167 Å². The zero-order chi connectivity index (χ0) is 20.6. The van der Waals surface area contributed by atoms with E-state index in [9.17, 15) is 14.0 Å². The summed E-state index contributed by atoms with van der Waals surface area (Å²) in [5.74, 6) is 0.139. The number of halogens is 1. The molecule has 0 fully saturated rings. The Balaban J connectivity index is 1.53. The lowest BCUT2D eigenvalue weighted by Crippen LogP contribution is -2.29. The molecule has 0 saturated heterocycles. The van der Waals surface area contributed by atoms with Crippen molar-refractivity contribution in [1.82, 2.24) is 14.9 Å². The first-order valence-corrected chi connectivity index (χ1v) is 8.97. The van der Waals surface area contributed by atoms with Crippen molar-refractivity contribution in [2.45, 2.75) is 6.54 Å². The molecular weight excluding hydrogens is 373 g/mol. The molecule has 7 heteroatoms. The van der Waals surface area contributed by atoms with Crippen LogP contribution in [0.1, 0.15) is 5.56 Å². The third kappa shape index (κ3) is 5.62. The van der Waals surface area contributed by atoms with Gasteiger partial charge in [0.1, 0.15) is 11.6 Å². The van der Waals surface area contributed by atoms with Crippen LogP contribution in [0.15, 0.2) is 71.8 Å². The van der Waals surface area contributed by atoms with Gasteiger partial charge in [0, 0.05) is 30.8 Å². The van der Waals surface area contributed by atoms with E-state index in [0.717, 1.165) is 11.3 Å². The topological polar surface area (TPSA) is 73.2 Å². The Hall–Kier alpha value is -3.74. The van der Waals surface area contributed by atoms with Crippen LogP contribution in [-0.4, -0.2) is 29.1 Å². The van der Waals surface area contributed by atoms with Crippen molar-refractivity contribution in [3.05, 3.63) is 88.7 Å². The number of hydrogen-bond donors (Lipinski definition) is 1. The zero-order valence-electron chi connectivity index (χ0n) is 15.8. The third-order valence-electron chi connectivity index (χ3n) is 4.21. The smallest absolute Gasteiger partial charge is 0.253 e. The van der Waals surface area contributed by atoms with Crippen LogP contribution in [-0.2, 0) is 11.3 Å². The van der Waals surface area contributed by atoms with Gasteiger partial charge in [-0.05, 0) is 48.0 Å². The Kier molecular flexibility index (Phi) is 6.52. The van der Waals surface area contributed by atoms with E-state index in [2.05, 4.69) is 10.3 Å². The second kappa shape index (κ2) is 9.45. The van der Waals surface area contributed by atoms with Gasteiger partial charge in [-0.3, -0.25) is 14.2 Å². The molecule has 1 amide bonds. The van der Waals surface area contributed by atoms with E-state index in [1.807, 2.05) is 24.3 Å². The van der Waals surface area contributed by atoms with Gasteiger partial charge in [0.2, 0.25) is 5.91 Å². The van der Waals surface area contributed by atoms with Crippen molar-refractivity contribution in [3.63, 3.8) is 0 Å². The van der Waals surface area contributed by atoms with E-state index in [0.29, 0.717) is 11.3 Å². The SMILES string of the molecule is COc1ccc(/C=C/C(=O)NCCn2cnc(-c3ccc(F)cc3)cc2=O)cc1. The number of methoxy groups -OCH3 is 1. The summed E-state index contributed by atoms with van der Waals surface area (Å²) in [7, 11) is 1.59. The number of aromatic nitrogens is 2. The van der Waals surface area contributed by atoms with Crippen LogP contribution in [0, 0.1) is 5.82 Å². The van der Waals surface area contributed by atoms with Gasteiger partial charge in [0.25, 0.3) is 5.56 Å². The third-order valence-corrected chi connectivity index (χ3v) is 4.21. The minimum absolute atomic E-state index is 0.248. The fraction of sp³-hybridized carbons (Fsp3) is 0.136. The Morgan fingerprint density at radius 1 is 1.17 bits per heavy atom. The number of ether oxygens (including phenoxy) is 1. The van der Waals surface area contributed by atoms with Gasteiger partial charge in [-0.2, -0.15) is 0 Å². The number of amides is 1. The maximum absolute atomic E-state index is 13.0. The van der Waals surface area contributed by atoms with Gasteiger partial charge in [0.15, 0.2) is 0 Å². The highest BCUT2D eigenvalue weighted by Crippen LogP contribution is 2.15. The molecule has 0 aliphatic rings. The standard InChI is InChI=1S/C22H20FN3O3/c1-29-19-9-2-16(3-10-19)4-11-21(27)24-12-13-26-15-25-20(14-22(26)28)17-5-7-18(23)8-6-17/h2-11,14-15H,12-13H2,1H3,(H,24,27)/b11-4+. The van der Waals surface area contributed by atoms with Gasteiger partial charge in [-0.15, -0.1) is 0 Å². The van der Waals surface area contributed by atoms with Crippen LogP contribution in [0.4, 0.5) is 4.39 Å². The number of benzene rings is 2. The predicted molar refractivity (Wildman–Crippen MR) is 109 cm³/mol. The first kappa shape index (κ1) is 20.0. The first-order valence-electron chi connectivity index (χ1n) is 8.97. The van der Waals surface area contributed by atoms with E-state index in [1.165, 1.54) is 35.2 Å². The molecule has 0 spiro atoms. The van der Waals surface area contributed by atoms with Gasteiger partial charge < -0.3 is 10.1 Å². The van der Waals surface area contributed by atoms with Gasteiger partial charge in [-0.25, -0.2) is 9.37 Å². The van der Waals surface area contributed by atoms with E-state index < -0.39 is 0 Å². The van der Waals surface area contributed by atoms with Crippen molar-refractivity contribution in [2.24, 2.45) is 0 Å². The number of nitrogens with zero attached hydrogens (tertiary/aromatic N) is 2. The molecule has 1 N–H and O–H groups in total. The Morgan fingerprint density at radius 2 is 1.90 bits per heavy atom. The minimum Gasteiger partial charge on any atom is -0.497 e. The fourth-order valence-corrected chi connectivity index (χ4v) is 2.62. The number of hydrogen-bond acceptors (Lipinski definition) is 4. The summed E-state index contributed by atoms with van der Waals surface area (Å²) in [4.78, 5) is 28.4. The summed E-state index contributed by atoms with van der Waals surface area (Å²) in [6.45, 7) is 0.570. The van der Waals surface area contributed by atoms with Crippen LogP contribution in [0.5, 0.6) is 5.75 Å². The lowest BCUT2D eigenvalue weighted by Gasteiger charge is -2.07. The molecule has 0 radical (unpaired) electrons. The van der Waals surface area contributed by atoms with Crippen LogP contribution in [0.25, 0.3) is 17.3 Å². The highest BCUT2D eigenvalue weighted by molar-refractivity contribution is 5.91. The van der Waals surface area contributed by atoms with E-state index in [4.69, 9.17) is 4.74 Å². The lowest BCUT2D eigenvalue weighted by atomic mass is 10.1. The van der Waals surface area contributed by atoms with Gasteiger partial charge in [0.05, 0.1) is 19.1 Å². The molecule has 0 aliphatic heterocycles. The van der Waals surface area contributed by atoms with Crippen LogP contribution in [0.2, 0.25) is 0 Å². The van der Waals surface area contributed by atoms with Gasteiger partial charge >= 0.3 is 0 Å². The summed E-state index contributed by atoms with van der Waals surface area (Å²) in [5.41, 5.74) is 1.76. The molecule has 29 heavy (non-hydrogen) atoms. The molecule has 1 heterocycles. The summed E-state index contributed by atoms with van der Waals surface area (Å²) in [5, 5.41) is 2.72. The van der Waals surface area contributed by atoms with E-state index in [-0.39, 0.29) is 30.4 Å². The fourth-order valence-electron chi connectivity index (χ4n) is 2.62. The molecule has 148 valence electrons. The molecule has 3 rings (SSSR count). The minimum atomic E-state index is -0.348. The Bertz CT molecular complexity index is 1060. The number of nitrogens with one attached hydrogen (secondary N) is 1. The second-order valence-electron chi connectivity index (χ2n) is 6.21. The number of carbonyl (C=O) groups is 1. The molecule has 0 saturated carbocycles. The summed E-state index contributed by atoms with van der Waals surface area (Å²) < 4.78 is 19.5. The van der Waals surface area contributed by atoms with Crippen molar-refractivity contribution in [2.75, 3.05) is 13.7 Å². The molecule has 0 atom stereocenters. The maximum Gasteiger partial charge on any atom is 0.253 e. The highest BCUT2D eigenvalue weighted by atomic mass is 19.1.